The third-order valence-electron chi connectivity index (χ3n) is 20.4. The lowest BCUT2D eigenvalue weighted by molar-refractivity contribution is -0.0437. The van der Waals surface area contributed by atoms with Gasteiger partial charge < -0.3 is 9.31 Å². The number of rotatable bonds is 14. The zero-order chi connectivity index (χ0) is 81.4. The van der Waals surface area contributed by atoms with E-state index in [0.717, 1.165) is 111 Å². The monoisotopic (exact) mass is 1560 g/mol. The molecule has 0 atom stereocenters. The molecule has 0 N–H and O–H groups in total. The minimum Gasteiger partial charge on any atom is -0.399 e. The molecule has 0 amide bonds. The normalized spacial score (nSPS) is 12.6. The van der Waals surface area contributed by atoms with Gasteiger partial charge in [-0.2, -0.15) is 29.0 Å². The topological polar surface area (TPSA) is 206 Å². The Morgan fingerprint density at radius 1 is 0.347 bits per heavy atom. The van der Waals surface area contributed by atoms with Crippen molar-refractivity contribution in [3.8, 4) is 142 Å². The zero-order valence-electron chi connectivity index (χ0n) is 63.6. The van der Waals surface area contributed by atoms with Gasteiger partial charge in [0, 0.05) is 33.4 Å². The Balaban J connectivity index is 0.000000153. The summed E-state index contributed by atoms with van der Waals surface area (Å²) in [5, 5.41) is 32.2. The number of hydrogen-bond acceptors (Lipinski definition) is 13. The van der Waals surface area contributed by atoms with E-state index in [4.69, 9.17) is 45.8 Å². The fourth-order valence-corrected chi connectivity index (χ4v) is 14.3. The quantitative estimate of drug-likeness (QED) is 0.0735. The molecule has 0 spiro atoms. The molecule has 1 aliphatic heterocycles. The lowest BCUT2D eigenvalue weighted by Gasteiger charge is -2.32. The van der Waals surface area contributed by atoms with Crippen molar-refractivity contribution in [2.24, 2.45) is 0 Å². The fraction of sp³-hybridized carbons (Fsp3) is 0.0909. The molecular formula is C99H72BF3N10O4S. The van der Waals surface area contributed by atoms with Crippen LogP contribution in [0.15, 0.2) is 328 Å². The number of nitriles is 3. The SMILES string of the molecule is C.N#Cc1cccc(-c2cc(C#N)cc(-c3ccc4cc(-c5ccc(-c6nc(-c7ccccc7)nc(-c7ccccc7)n6)cc5)ccc4c3)c2)c1.O=S(=O)(Cc1ccc2cc(-c3ccc(-c4nc(-c5ccccc5)nc(-c5ccccc5)n4)cc3)ccc2c1)C(F)(F)F.[C-]#[N+]c1cccc(-c2cc(C#N)cc(B3OC(C)(C)C(C)(C)O3)c2)c1. The molecule has 0 unspecified atom stereocenters. The van der Waals surface area contributed by atoms with Gasteiger partial charge >= 0.3 is 12.6 Å². The van der Waals surface area contributed by atoms with Crippen LogP contribution in [0.3, 0.4) is 0 Å². The van der Waals surface area contributed by atoms with E-state index in [1.54, 1.807) is 30.3 Å². The first-order valence-electron chi connectivity index (χ1n) is 37.3. The highest BCUT2D eigenvalue weighted by atomic mass is 32.2. The highest BCUT2D eigenvalue weighted by Crippen LogP contribution is 2.40. The van der Waals surface area contributed by atoms with E-state index in [1.807, 2.05) is 246 Å². The second-order valence-corrected chi connectivity index (χ2v) is 30.9. The van der Waals surface area contributed by atoms with Crippen LogP contribution in [-0.2, 0) is 24.9 Å². The van der Waals surface area contributed by atoms with E-state index in [0.29, 0.717) is 62.7 Å². The van der Waals surface area contributed by atoms with Crippen molar-refractivity contribution >= 4 is 49.7 Å². The molecule has 0 bridgehead atoms. The average Bonchev–Trinajstić information content (AvgIpc) is 1.42. The zero-order valence-corrected chi connectivity index (χ0v) is 64.4. The van der Waals surface area contributed by atoms with Gasteiger partial charge in [0.05, 0.1) is 58.4 Å². The molecule has 14 nitrogen and oxygen atoms in total. The summed E-state index contributed by atoms with van der Waals surface area (Å²) < 4.78 is 73.8. The van der Waals surface area contributed by atoms with Crippen molar-refractivity contribution < 1.29 is 30.9 Å². The molecule has 1 aliphatic rings. The number of aromatic nitrogens is 6. The van der Waals surface area contributed by atoms with Crippen LogP contribution in [0.4, 0.5) is 18.9 Å². The fourth-order valence-electron chi connectivity index (χ4n) is 13.5. The molecule has 16 aromatic rings. The lowest BCUT2D eigenvalue weighted by atomic mass is 9.77. The Labute approximate surface area is 683 Å². The molecule has 572 valence electrons. The number of benzene rings is 14. The maximum absolute atomic E-state index is 12.8. The predicted molar refractivity (Wildman–Crippen MR) is 462 cm³/mol. The number of nitrogens with zero attached hydrogens (tertiary/aromatic N) is 10. The first kappa shape index (κ1) is 79.9. The third-order valence-corrected chi connectivity index (χ3v) is 21.9. The minimum atomic E-state index is -5.29. The molecule has 0 radical (unpaired) electrons. The lowest BCUT2D eigenvalue weighted by Crippen LogP contribution is -2.41. The molecule has 3 heterocycles. The van der Waals surface area contributed by atoms with Crippen LogP contribution in [0.25, 0.3) is 150 Å². The van der Waals surface area contributed by atoms with Crippen LogP contribution in [0.2, 0.25) is 0 Å². The summed E-state index contributed by atoms with van der Waals surface area (Å²) in [6.07, 6.45) is 0. The van der Waals surface area contributed by atoms with Gasteiger partial charge in [-0.1, -0.05) is 268 Å². The molecule has 17 rings (SSSR count). The molecule has 118 heavy (non-hydrogen) atoms. The minimum absolute atomic E-state index is 0. The van der Waals surface area contributed by atoms with Gasteiger partial charge in [0.1, 0.15) is 0 Å². The van der Waals surface area contributed by atoms with Gasteiger partial charge in [-0.15, -0.1) is 0 Å². The van der Waals surface area contributed by atoms with E-state index >= 15 is 0 Å². The maximum Gasteiger partial charge on any atom is 0.497 e. The maximum atomic E-state index is 12.8. The first-order valence-corrected chi connectivity index (χ1v) is 39.0. The number of sulfone groups is 1. The molecule has 0 aliphatic carbocycles. The van der Waals surface area contributed by atoms with E-state index in [-0.39, 0.29) is 13.0 Å². The van der Waals surface area contributed by atoms with Gasteiger partial charge in [-0.3, -0.25) is 0 Å². The summed E-state index contributed by atoms with van der Waals surface area (Å²) in [7, 11) is -5.78. The van der Waals surface area contributed by atoms with E-state index < -0.39 is 39.4 Å². The van der Waals surface area contributed by atoms with E-state index in [9.17, 15) is 37.4 Å². The molecule has 19 heteroatoms. The molecular weight excluding hydrogens is 1490 g/mol. The summed E-state index contributed by atoms with van der Waals surface area (Å²) in [6, 6.07) is 111. The largest absolute Gasteiger partial charge is 0.497 e. The highest BCUT2D eigenvalue weighted by molar-refractivity contribution is 7.91. The van der Waals surface area contributed by atoms with Crippen molar-refractivity contribution in [3.05, 3.63) is 361 Å². The Kier molecular flexibility index (Phi) is 23.1. The Bertz CT molecular complexity index is 6600. The highest BCUT2D eigenvalue weighted by Gasteiger charge is 2.52. The molecule has 0 saturated carbocycles. The molecule has 1 fully saturated rings. The Morgan fingerprint density at radius 2 is 0.653 bits per heavy atom. The van der Waals surface area contributed by atoms with E-state index in [1.165, 1.54) is 12.1 Å². The number of hydrogen-bond donors (Lipinski definition) is 0. The van der Waals surface area contributed by atoms with Crippen LogP contribution in [0.5, 0.6) is 0 Å². The summed E-state index contributed by atoms with van der Waals surface area (Å²) in [5.74, 6) is 2.48. The van der Waals surface area contributed by atoms with Crippen molar-refractivity contribution in [2.75, 3.05) is 0 Å². The second kappa shape index (κ2) is 34.2. The standard InChI is InChI=1S/C45H27N5.C33H22F3N3O2S.C20H19BN2O2.CH4/c46-28-30-8-7-13-36(22-30)41-23-31(29-47)24-42(27-41)40-21-20-38-25-37(18-19-39(38)26-40)32-14-16-35(17-15-32)45-49-43(33-9-3-1-4-10-33)48-44(50-45)34-11-5-2-6-12-34;34-33(35,36)42(40,41)21-22-11-12-29-20-28(18-17-27(29)19-22)23-13-15-26(16-14-23)32-38-30(24-7-3-1-4-8-24)37-31(39-32)25-9-5-2-6-10-25;1-19(2)20(3,4)25-21(24-19)17-10-14(13-22)9-16(11-17)15-7-6-8-18(12-15)23-5;/h1-27H;1-20H,21H2;6-12H,1-4H3;1H4. The van der Waals surface area contributed by atoms with Crippen molar-refractivity contribution in [2.45, 2.75) is 57.6 Å². The number of halogens is 3. The van der Waals surface area contributed by atoms with Crippen LogP contribution in [-0.4, -0.2) is 62.2 Å². The number of alkyl halides is 3. The Morgan fingerprint density at radius 3 is 1.04 bits per heavy atom. The van der Waals surface area contributed by atoms with Crippen molar-refractivity contribution in [1.29, 1.82) is 15.8 Å². The molecule has 1 saturated heterocycles. The summed E-state index contributed by atoms with van der Waals surface area (Å²) in [6.45, 7) is 15.2. The van der Waals surface area contributed by atoms with Crippen LogP contribution in [0, 0.1) is 40.6 Å². The van der Waals surface area contributed by atoms with Crippen molar-refractivity contribution in [1.82, 2.24) is 29.9 Å². The summed E-state index contributed by atoms with van der Waals surface area (Å²) >= 11 is 0. The number of fused-ring (bicyclic) bond motifs is 2. The van der Waals surface area contributed by atoms with Gasteiger partial charge in [0.2, 0.25) is 0 Å². The van der Waals surface area contributed by atoms with Crippen molar-refractivity contribution in [3.63, 3.8) is 0 Å². The van der Waals surface area contributed by atoms with Crippen LogP contribution < -0.4 is 5.46 Å². The van der Waals surface area contributed by atoms with Gasteiger partial charge in [-0.05, 0) is 183 Å². The average molecular weight is 1570 g/mol. The van der Waals surface area contributed by atoms with Crippen LogP contribution in [0.1, 0.15) is 57.4 Å². The Hall–Kier alpha value is -14.7. The summed E-state index contributed by atoms with van der Waals surface area (Å²) in [5.41, 5.74) is 11.9. The predicted octanol–water partition coefficient (Wildman–Crippen LogP) is 23.6. The first-order chi connectivity index (χ1) is 56.5. The van der Waals surface area contributed by atoms with Gasteiger partial charge in [0.25, 0.3) is 9.84 Å². The smallest absolute Gasteiger partial charge is 0.399 e. The van der Waals surface area contributed by atoms with Crippen LogP contribution >= 0.6 is 0 Å². The van der Waals surface area contributed by atoms with Gasteiger partial charge in [-0.25, -0.2) is 43.2 Å². The van der Waals surface area contributed by atoms with Gasteiger partial charge in [0.15, 0.2) is 40.6 Å². The second-order valence-electron chi connectivity index (χ2n) is 28.9. The third kappa shape index (κ3) is 17.9. The summed E-state index contributed by atoms with van der Waals surface area (Å²) in [4.78, 5) is 32.2. The van der Waals surface area contributed by atoms with E-state index in [2.05, 4.69) is 89.8 Å². The molecule has 14 aromatic carbocycles. The molecule has 2 aromatic heterocycles.